The van der Waals surface area contributed by atoms with Gasteiger partial charge in [-0.2, -0.15) is 26.3 Å². The molecule has 0 aliphatic rings. The second kappa shape index (κ2) is 4.38. The first-order chi connectivity index (χ1) is 7.60. The van der Waals surface area contributed by atoms with E-state index in [9.17, 15) is 31.1 Å². The Balaban J connectivity index is 2.91. The molecule has 0 fully saturated rings. The standard InChI is InChI=1S/C10H6F6O/c11-9(12,13)7-3-1-2-6(4-7)5-8(17)10(14,15)16/h1-4H,5H2. The van der Waals surface area contributed by atoms with Crippen LogP contribution < -0.4 is 0 Å². The van der Waals surface area contributed by atoms with Crippen LogP contribution >= 0.6 is 0 Å². The van der Waals surface area contributed by atoms with Gasteiger partial charge in [-0.1, -0.05) is 18.2 Å². The van der Waals surface area contributed by atoms with Crippen LogP contribution in [0.25, 0.3) is 0 Å². The first-order valence-electron chi connectivity index (χ1n) is 4.37. The fraction of sp³-hybridized carbons (Fsp3) is 0.300. The normalized spacial score (nSPS) is 12.6. The summed E-state index contributed by atoms with van der Waals surface area (Å²) < 4.78 is 72.4. The molecule has 7 heteroatoms. The summed E-state index contributed by atoms with van der Waals surface area (Å²) in [5, 5.41) is 0. The van der Waals surface area contributed by atoms with Gasteiger partial charge in [0.2, 0.25) is 5.78 Å². The molecule has 0 spiro atoms. The van der Waals surface area contributed by atoms with Crippen LogP contribution in [0.1, 0.15) is 11.1 Å². The van der Waals surface area contributed by atoms with Crippen molar-refractivity contribution in [1.29, 1.82) is 0 Å². The van der Waals surface area contributed by atoms with E-state index in [0.29, 0.717) is 6.07 Å². The predicted molar refractivity (Wildman–Crippen MR) is 46.2 cm³/mol. The second-order valence-corrected chi connectivity index (χ2v) is 3.30. The van der Waals surface area contributed by atoms with Crippen molar-refractivity contribution < 1.29 is 31.1 Å². The molecule has 0 saturated carbocycles. The molecule has 0 heterocycles. The van der Waals surface area contributed by atoms with Crippen molar-refractivity contribution in [3.63, 3.8) is 0 Å². The molecule has 0 aliphatic heterocycles. The van der Waals surface area contributed by atoms with E-state index >= 15 is 0 Å². The molecule has 0 bridgehead atoms. The molecule has 0 saturated heterocycles. The molecule has 0 aromatic heterocycles. The molecule has 0 aliphatic carbocycles. The van der Waals surface area contributed by atoms with Gasteiger partial charge in [-0.25, -0.2) is 0 Å². The number of ketones is 1. The molecule has 0 atom stereocenters. The van der Waals surface area contributed by atoms with Crippen LogP contribution in [0.5, 0.6) is 0 Å². The summed E-state index contributed by atoms with van der Waals surface area (Å²) in [5.41, 5.74) is -1.40. The Bertz CT molecular complexity index is 418. The summed E-state index contributed by atoms with van der Waals surface area (Å²) in [7, 11) is 0. The summed E-state index contributed by atoms with van der Waals surface area (Å²) in [6, 6.07) is 3.26. The van der Waals surface area contributed by atoms with Crippen LogP contribution in [0.2, 0.25) is 0 Å². The van der Waals surface area contributed by atoms with Crippen LogP contribution in [0.3, 0.4) is 0 Å². The van der Waals surface area contributed by atoms with Crippen molar-refractivity contribution in [3.8, 4) is 0 Å². The van der Waals surface area contributed by atoms with Crippen molar-refractivity contribution in [2.45, 2.75) is 18.8 Å². The van der Waals surface area contributed by atoms with Gasteiger partial charge in [-0.15, -0.1) is 0 Å². The minimum absolute atomic E-state index is 0.317. The lowest BCUT2D eigenvalue weighted by molar-refractivity contribution is -0.170. The number of carbonyl (C=O) groups is 1. The van der Waals surface area contributed by atoms with E-state index in [2.05, 4.69) is 0 Å². The van der Waals surface area contributed by atoms with Gasteiger partial charge in [-0.3, -0.25) is 4.79 Å². The number of benzene rings is 1. The lowest BCUT2D eigenvalue weighted by Crippen LogP contribution is -2.24. The van der Waals surface area contributed by atoms with Gasteiger partial charge in [-0.05, 0) is 11.6 Å². The second-order valence-electron chi connectivity index (χ2n) is 3.30. The minimum Gasteiger partial charge on any atom is -0.289 e. The third kappa shape index (κ3) is 3.76. The molecular formula is C10H6F6O. The topological polar surface area (TPSA) is 17.1 Å². The smallest absolute Gasteiger partial charge is 0.289 e. The zero-order valence-electron chi connectivity index (χ0n) is 8.19. The molecule has 1 rings (SSSR count). The first-order valence-corrected chi connectivity index (χ1v) is 4.37. The van der Waals surface area contributed by atoms with Crippen LogP contribution in [0, 0.1) is 0 Å². The van der Waals surface area contributed by atoms with E-state index in [4.69, 9.17) is 0 Å². The fourth-order valence-electron chi connectivity index (χ4n) is 1.14. The van der Waals surface area contributed by atoms with Crippen LogP contribution in [0.15, 0.2) is 24.3 Å². The van der Waals surface area contributed by atoms with Crippen LogP contribution in [-0.4, -0.2) is 12.0 Å². The van der Waals surface area contributed by atoms with E-state index in [1.807, 2.05) is 0 Å². The third-order valence-electron chi connectivity index (χ3n) is 1.94. The van der Waals surface area contributed by atoms with Gasteiger partial charge >= 0.3 is 12.4 Å². The average molecular weight is 256 g/mol. The number of hydrogen-bond acceptors (Lipinski definition) is 1. The maximum absolute atomic E-state index is 12.2. The third-order valence-corrected chi connectivity index (χ3v) is 1.94. The molecule has 94 valence electrons. The van der Waals surface area contributed by atoms with Crippen LogP contribution in [0.4, 0.5) is 26.3 Å². The van der Waals surface area contributed by atoms with E-state index in [1.165, 1.54) is 0 Å². The van der Waals surface area contributed by atoms with Crippen molar-refractivity contribution in [2.24, 2.45) is 0 Å². The maximum atomic E-state index is 12.2. The van der Waals surface area contributed by atoms with Gasteiger partial charge < -0.3 is 0 Å². The van der Waals surface area contributed by atoms with Crippen molar-refractivity contribution in [3.05, 3.63) is 35.4 Å². The maximum Gasteiger partial charge on any atom is 0.450 e. The monoisotopic (exact) mass is 256 g/mol. The summed E-state index contributed by atoms with van der Waals surface area (Å²) in [5.74, 6) is -2.07. The van der Waals surface area contributed by atoms with E-state index < -0.39 is 30.1 Å². The summed E-state index contributed by atoms with van der Waals surface area (Å²) in [6.45, 7) is 0. The first kappa shape index (κ1) is 13.5. The highest BCUT2D eigenvalue weighted by molar-refractivity contribution is 5.86. The van der Waals surface area contributed by atoms with Gasteiger partial charge in [0.1, 0.15) is 0 Å². The quantitative estimate of drug-likeness (QED) is 0.741. The Morgan fingerprint density at radius 1 is 1.06 bits per heavy atom. The zero-order chi connectivity index (χ0) is 13.3. The van der Waals surface area contributed by atoms with Gasteiger partial charge in [0.25, 0.3) is 0 Å². The Kier molecular flexibility index (Phi) is 3.49. The average Bonchev–Trinajstić information content (AvgIpc) is 2.15. The highest BCUT2D eigenvalue weighted by Crippen LogP contribution is 2.30. The fourth-order valence-corrected chi connectivity index (χ4v) is 1.14. The van der Waals surface area contributed by atoms with Gasteiger partial charge in [0.15, 0.2) is 0 Å². The molecule has 0 radical (unpaired) electrons. The summed E-state index contributed by atoms with van der Waals surface area (Å²) >= 11 is 0. The highest BCUT2D eigenvalue weighted by Gasteiger charge is 2.38. The Morgan fingerprint density at radius 2 is 1.65 bits per heavy atom. The van der Waals surface area contributed by atoms with Crippen LogP contribution in [-0.2, 0) is 17.4 Å². The van der Waals surface area contributed by atoms with Gasteiger partial charge in [0.05, 0.1) is 5.56 Å². The number of Topliss-reactive ketones (excluding diaryl/α,β-unsaturated/α-hetero) is 1. The molecular weight excluding hydrogens is 250 g/mol. The number of alkyl halides is 6. The number of carbonyl (C=O) groups excluding carboxylic acids is 1. The lowest BCUT2D eigenvalue weighted by Gasteiger charge is -2.09. The number of hydrogen-bond donors (Lipinski definition) is 0. The molecule has 0 N–H and O–H groups in total. The zero-order valence-corrected chi connectivity index (χ0v) is 8.19. The van der Waals surface area contributed by atoms with E-state index in [0.717, 1.165) is 18.2 Å². The molecule has 1 nitrogen and oxygen atoms in total. The number of rotatable bonds is 2. The SMILES string of the molecule is O=C(Cc1cccc(C(F)(F)F)c1)C(F)(F)F. The summed E-state index contributed by atoms with van der Waals surface area (Å²) in [6.07, 6.45) is -10.8. The van der Waals surface area contributed by atoms with Gasteiger partial charge in [0, 0.05) is 6.42 Å². The largest absolute Gasteiger partial charge is 0.450 e. The Hall–Kier alpha value is -1.53. The molecule has 0 amide bonds. The van der Waals surface area contributed by atoms with E-state index in [1.54, 1.807) is 0 Å². The van der Waals surface area contributed by atoms with Crippen molar-refractivity contribution in [1.82, 2.24) is 0 Å². The molecule has 1 aromatic carbocycles. The Labute approximate surface area is 92.0 Å². The highest BCUT2D eigenvalue weighted by atomic mass is 19.4. The minimum atomic E-state index is -5.03. The molecule has 1 aromatic rings. The Morgan fingerprint density at radius 3 is 2.12 bits per heavy atom. The number of halogens is 6. The molecule has 17 heavy (non-hydrogen) atoms. The van der Waals surface area contributed by atoms with Crippen molar-refractivity contribution in [2.75, 3.05) is 0 Å². The predicted octanol–water partition coefficient (Wildman–Crippen LogP) is 3.38. The molecule has 0 unspecified atom stereocenters. The lowest BCUT2D eigenvalue weighted by atomic mass is 10.1. The van der Waals surface area contributed by atoms with E-state index in [-0.39, 0.29) is 5.56 Å². The summed E-state index contributed by atoms with van der Waals surface area (Å²) in [4.78, 5) is 10.6. The van der Waals surface area contributed by atoms with Crippen molar-refractivity contribution >= 4 is 5.78 Å².